The van der Waals surface area contributed by atoms with Gasteiger partial charge in [-0.05, 0) is 29.2 Å². The number of benzene rings is 1. The molecule has 0 bridgehead atoms. The van der Waals surface area contributed by atoms with Gasteiger partial charge in [0.1, 0.15) is 11.5 Å². The smallest absolute Gasteiger partial charge is 0.174 e. The Morgan fingerprint density at radius 1 is 1.25 bits per heavy atom. The average molecular weight is 360 g/mol. The van der Waals surface area contributed by atoms with Crippen molar-refractivity contribution in [1.82, 2.24) is 9.36 Å². The summed E-state index contributed by atoms with van der Waals surface area (Å²) in [6, 6.07) is 11.2. The fraction of sp³-hybridized carbons (Fsp3) is 0.235. The lowest BCUT2D eigenvalue weighted by atomic mass is 10.1. The molecule has 0 spiro atoms. The van der Waals surface area contributed by atoms with E-state index in [1.807, 2.05) is 36.4 Å². The molecule has 2 aromatic heterocycles. The molecular weight excluding hydrogens is 344 g/mol. The molecule has 24 heavy (non-hydrogen) atoms. The number of carbonyl (C=O) groups excluding carboxylic acids is 1. The van der Waals surface area contributed by atoms with Gasteiger partial charge >= 0.3 is 0 Å². The first kappa shape index (κ1) is 16.9. The topological polar surface area (TPSA) is 76.2 Å². The van der Waals surface area contributed by atoms with Gasteiger partial charge in [-0.15, -0.1) is 0 Å². The van der Waals surface area contributed by atoms with Crippen LogP contribution in [0.1, 0.15) is 17.7 Å². The van der Waals surface area contributed by atoms with E-state index in [0.29, 0.717) is 24.4 Å². The predicted octanol–water partition coefficient (Wildman–Crippen LogP) is 3.58. The van der Waals surface area contributed by atoms with Crippen molar-refractivity contribution in [2.75, 3.05) is 5.75 Å². The third-order valence-electron chi connectivity index (χ3n) is 3.39. The standard InChI is InChI=1S/C17H16N2O3S2/c20-10-12-3-5-13(6-4-12)16-18-17(24-19-16)23-11-14(21)7-8-15-2-1-9-22-15/h1-6,9,20H,7-8,10-11H2. The molecule has 2 heterocycles. The predicted molar refractivity (Wildman–Crippen MR) is 94.0 cm³/mol. The number of hydrogen-bond donors (Lipinski definition) is 1. The molecule has 5 nitrogen and oxygen atoms in total. The van der Waals surface area contributed by atoms with Crippen LogP contribution in [0.5, 0.6) is 0 Å². The Kier molecular flexibility index (Phi) is 5.79. The van der Waals surface area contributed by atoms with E-state index in [2.05, 4.69) is 9.36 Å². The number of rotatable bonds is 8. The van der Waals surface area contributed by atoms with Crippen LogP contribution in [0.25, 0.3) is 11.4 Å². The van der Waals surface area contributed by atoms with E-state index in [1.54, 1.807) is 6.26 Å². The summed E-state index contributed by atoms with van der Waals surface area (Å²) in [5, 5.41) is 9.06. The largest absolute Gasteiger partial charge is 0.469 e. The summed E-state index contributed by atoms with van der Waals surface area (Å²) in [5.41, 5.74) is 1.75. The maximum absolute atomic E-state index is 11.9. The molecule has 0 radical (unpaired) electrons. The Morgan fingerprint density at radius 3 is 2.79 bits per heavy atom. The summed E-state index contributed by atoms with van der Waals surface area (Å²) in [6.07, 6.45) is 2.71. The van der Waals surface area contributed by atoms with Gasteiger partial charge in [0.15, 0.2) is 10.2 Å². The molecule has 0 aliphatic rings. The minimum atomic E-state index is 0.0198. The summed E-state index contributed by atoms with van der Waals surface area (Å²) in [6.45, 7) is 0.0198. The van der Waals surface area contributed by atoms with E-state index >= 15 is 0 Å². The molecule has 7 heteroatoms. The summed E-state index contributed by atoms with van der Waals surface area (Å²) >= 11 is 2.71. The molecule has 3 rings (SSSR count). The molecule has 0 saturated heterocycles. The molecule has 1 aromatic carbocycles. The van der Waals surface area contributed by atoms with Gasteiger partial charge < -0.3 is 9.52 Å². The van der Waals surface area contributed by atoms with Crippen LogP contribution in [-0.2, 0) is 17.8 Å². The number of thioether (sulfide) groups is 1. The van der Waals surface area contributed by atoms with Gasteiger partial charge in [-0.1, -0.05) is 36.0 Å². The number of carbonyl (C=O) groups is 1. The van der Waals surface area contributed by atoms with Gasteiger partial charge in [0.25, 0.3) is 0 Å². The molecule has 1 N–H and O–H groups in total. The third kappa shape index (κ3) is 4.53. The molecule has 0 fully saturated rings. The normalized spacial score (nSPS) is 10.9. The van der Waals surface area contributed by atoms with Crippen molar-refractivity contribution in [2.24, 2.45) is 0 Å². The Morgan fingerprint density at radius 2 is 2.08 bits per heavy atom. The molecule has 0 atom stereocenters. The van der Waals surface area contributed by atoms with Crippen molar-refractivity contribution >= 4 is 29.1 Å². The minimum absolute atomic E-state index is 0.0198. The summed E-state index contributed by atoms with van der Waals surface area (Å²) < 4.78 is 10.3. The molecule has 0 aliphatic heterocycles. The summed E-state index contributed by atoms with van der Waals surface area (Å²) in [7, 11) is 0. The number of nitrogens with zero attached hydrogens (tertiary/aromatic N) is 2. The zero-order valence-electron chi connectivity index (χ0n) is 12.8. The zero-order valence-corrected chi connectivity index (χ0v) is 14.5. The molecule has 0 amide bonds. The second-order valence-electron chi connectivity index (χ2n) is 5.15. The highest BCUT2D eigenvalue weighted by Crippen LogP contribution is 2.25. The quantitative estimate of drug-likeness (QED) is 0.619. The van der Waals surface area contributed by atoms with Crippen molar-refractivity contribution in [1.29, 1.82) is 0 Å². The number of aliphatic hydroxyl groups is 1. The number of ketones is 1. The Labute approximate surface area is 147 Å². The number of hydrogen-bond acceptors (Lipinski definition) is 7. The Balaban J connectivity index is 1.51. The van der Waals surface area contributed by atoms with E-state index in [9.17, 15) is 4.79 Å². The van der Waals surface area contributed by atoms with Crippen molar-refractivity contribution in [3.63, 3.8) is 0 Å². The van der Waals surface area contributed by atoms with Crippen molar-refractivity contribution in [3.05, 3.63) is 54.0 Å². The zero-order chi connectivity index (χ0) is 16.8. The molecule has 0 saturated carbocycles. The van der Waals surface area contributed by atoms with Crippen LogP contribution in [-0.4, -0.2) is 26.0 Å². The number of Topliss-reactive ketones (excluding diaryl/α,β-unsaturated/α-hetero) is 1. The van der Waals surface area contributed by atoms with E-state index in [4.69, 9.17) is 9.52 Å². The van der Waals surface area contributed by atoms with Gasteiger partial charge in [0.05, 0.1) is 18.6 Å². The molecule has 3 aromatic rings. The van der Waals surface area contributed by atoms with E-state index in [-0.39, 0.29) is 12.4 Å². The van der Waals surface area contributed by atoms with Crippen LogP contribution in [0, 0.1) is 0 Å². The number of aryl methyl sites for hydroxylation is 1. The highest BCUT2D eigenvalue weighted by Gasteiger charge is 2.10. The maximum atomic E-state index is 11.9. The third-order valence-corrected chi connectivity index (χ3v) is 5.28. The van der Waals surface area contributed by atoms with Gasteiger partial charge in [-0.25, -0.2) is 4.98 Å². The first-order chi connectivity index (χ1) is 11.7. The first-order valence-corrected chi connectivity index (χ1v) is 9.21. The summed E-state index contributed by atoms with van der Waals surface area (Å²) in [4.78, 5) is 16.4. The first-order valence-electron chi connectivity index (χ1n) is 7.45. The van der Waals surface area contributed by atoms with Crippen LogP contribution < -0.4 is 0 Å². The molecule has 124 valence electrons. The second-order valence-corrected chi connectivity index (χ2v) is 7.12. The maximum Gasteiger partial charge on any atom is 0.174 e. The van der Waals surface area contributed by atoms with Crippen LogP contribution in [0.2, 0.25) is 0 Å². The van der Waals surface area contributed by atoms with Gasteiger partial charge in [0.2, 0.25) is 0 Å². The fourth-order valence-electron chi connectivity index (χ4n) is 2.08. The highest BCUT2D eigenvalue weighted by molar-refractivity contribution is 8.01. The number of aliphatic hydroxyl groups excluding tert-OH is 1. The lowest BCUT2D eigenvalue weighted by Crippen LogP contribution is -2.02. The van der Waals surface area contributed by atoms with Crippen molar-refractivity contribution < 1.29 is 14.3 Å². The monoisotopic (exact) mass is 360 g/mol. The van der Waals surface area contributed by atoms with Crippen LogP contribution in [0.3, 0.4) is 0 Å². The van der Waals surface area contributed by atoms with E-state index in [0.717, 1.165) is 21.2 Å². The van der Waals surface area contributed by atoms with Crippen LogP contribution in [0.4, 0.5) is 0 Å². The Bertz CT molecular complexity index is 783. The number of aromatic nitrogens is 2. The molecule has 0 aliphatic carbocycles. The number of furan rings is 1. The van der Waals surface area contributed by atoms with Crippen LogP contribution in [0.15, 0.2) is 51.4 Å². The Hall–Kier alpha value is -1.96. The summed E-state index contributed by atoms with van der Waals surface area (Å²) in [5.74, 6) is 2.03. The highest BCUT2D eigenvalue weighted by atomic mass is 32.2. The van der Waals surface area contributed by atoms with E-state index in [1.165, 1.54) is 23.3 Å². The SMILES string of the molecule is O=C(CCc1ccco1)CSc1nc(-c2ccc(CO)cc2)ns1. The average Bonchev–Trinajstić information content (AvgIpc) is 3.30. The van der Waals surface area contributed by atoms with Gasteiger partial charge in [-0.2, -0.15) is 4.37 Å². The van der Waals surface area contributed by atoms with Crippen LogP contribution >= 0.6 is 23.3 Å². The van der Waals surface area contributed by atoms with Crippen molar-refractivity contribution in [3.8, 4) is 11.4 Å². The van der Waals surface area contributed by atoms with Gasteiger partial charge in [-0.3, -0.25) is 4.79 Å². The molecular formula is C17H16N2O3S2. The van der Waals surface area contributed by atoms with E-state index < -0.39 is 0 Å². The van der Waals surface area contributed by atoms with Crippen molar-refractivity contribution in [2.45, 2.75) is 23.8 Å². The minimum Gasteiger partial charge on any atom is -0.469 e. The van der Waals surface area contributed by atoms with Gasteiger partial charge in [0, 0.05) is 18.4 Å². The lowest BCUT2D eigenvalue weighted by molar-refractivity contribution is -0.116. The second kappa shape index (κ2) is 8.23. The molecule has 0 unspecified atom stereocenters. The lowest BCUT2D eigenvalue weighted by Gasteiger charge is -1.98. The fourth-order valence-corrected chi connectivity index (χ4v) is 3.59.